The van der Waals surface area contributed by atoms with Crippen molar-refractivity contribution < 1.29 is 0 Å². The van der Waals surface area contributed by atoms with Crippen LogP contribution in [-0.4, -0.2) is 11.4 Å². The quantitative estimate of drug-likeness (QED) is 0.506. The van der Waals surface area contributed by atoms with Crippen LogP contribution < -0.4 is 0 Å². The molecule has 0 aromatic heterocycles. The Morgan fingerprint density at radius 3 is 2.79 bits per heavy atom. The van der Waals surface area contributed by atoms with Crippen LogP contribution in [0, 0.1) is 5.92 Å². The van der Waals surface area contributed by atoms with Crippen molar-refractivity contribution >= 4 is 11.4 Å². The van der Waals surface area contributed by atoms with Gasteiger partial charge in [0, 0.05) is 23.2 Å². The molecule has 4 rings (SSSR count). The lowest BCUT2D eigenvalue weighted by atomic mass is 9.87. The molecule has 0 radical (unpaired) electrons. The minimum atomic E-state index is 0.521. The topological polar surface area (TPSA) is 24.7 Å². The van der Waals surface area contributed by atoms with E-state index in [9.17, 15) is 0 Å². The number of benzene rings is 1. The van der Waals surface area contributed by atoms with Crippen LogP contribution in [0.25, 0.3) is 0 Å². The lowest BCUT2D eigenvalue weighted by Crippen LogP contribution is -2.13. The fourth-order valence-corrected chi connectivity index (χ4v) is 3.59. The maximum absolute atomic E-state index is 4.69. The molecule has 2 aliphatic heterocycles. The normalized spacial score (nSPS) is 22.7. The Labute approximate surface area is 173 Å². The van der Waals surface area contributed by atoms with Crippen LogP contribution in [-0.2, 0) is 6.42 Å². The maximum atomic E-state index is 4.69. The zero-order valence-electron chi connectivity index (χ0n) is 16.9. The molecule has 144 valence electrons. The predicted octanol–water partition coefficient (Wildman–Crippen LogP) is 6.48. The Morgan fingerprint density at radius 2 is 2.03 bits per heavy atom. The first-order valence-electron chi connectivity index (χ1n) is 10.3. The highest BCUT2D eigenvalue weighted by atomic mass is 14.7. The van der Waals surface area contributed by atoms with Crippen molar-refractivity contribution in [1.82, 2.24) is 0 Å². The first-order chi connectivity index (χ1) is 14.3. The van der Waals surface area contributed by atoms with Crippen molar-refractivity contribution in [2.75, 3.05) is 0 Å². The number of allylic oxidation sites excluding steroid dienone is 10. The molecule has 2 heteroatoms. The highest BCUT2D eigenvalue weighted by Gasteiger charge is 2.17. The zero-order valence-corrected chi connectivity index (χ0v) is 16.9. The second kappa shape index (κ2) is 9.32. The standard InChI is InChI=1S/C27H26N2/c1-21-15-17-29-27(18-21)26(24-11-7-12-24)20-23-10-5-6-16-28-25(19-23)14-13-22-8-3-2-4-9-22/h2-5,7-9,11-12,15-17,19-21H,10,13-14,18H2,1H3/b23-19+,26-20+,28-25?. The van der Waals surface area contributed by atoms with Gasteiger partial charge in [-0.2, -0.15) is 0 Å². The van der Waals surface area contributed by atoms with E-state index in [1.54, 1.807) is 6.20 Å². The average Bonchev–Trinajstić information content (AvgIpc) is 2.67. The molecule has 0 bridgehead atoms. The molecule has 1 aromatic carbocycles. The summed E-state index contributed by atoms with van der Waals surface area (Å²) in [6.07, 6.45) is 22.6. The number of aliphatic imine (C=N–C) groups is 2. The van der Waals surface area contributed by atoms with Crippen LogP contribution in [0.5, 0.6) is 0 Å². The summed E-state index contributed by atoms with van der Waals surface area (Å²) in [5, 5.41) is 0. The molecule has 1 unspecified atom stereocenters. The van der Waals surface area contributed by atoms with Gasteiger partial charge in [-0.3, -0.25) is 9.98 Å². The largest absolute Gasteiger partial charge is 0.261 e. The summed E-state index contributed by atoms with van der Waals surface area (Å²) in [5.41, 5.74) is 10.5. The van der Waals surface area contributed by atoms with Crippen molar-refractivity contribution in [3.63, 3.8) is 0 Å². The van der Waals surface area contributed by atoms with E-state index in [1.807, 2.05) is 12.3 Å². The van der Waals surface area contributed by atoms with Gasteiger partial charge in [0.25, 0.3) is 0 Å². The van der Waals surface area contributed by atoms with Crippen LogP contribution in [0.3, 0.4) is 0 Å². The summed E-state index contributed by atoms with van der Waals surface area (Å²) in [7, 11) is 0. The van der Waals surface area contributed by atoms with Gasteiger partial charge in [0.05, 0.1) is 6.20 Å². The van der Waals surface area contributed by atoms with E-state index in [0.29, 0.717) is 5.92 Å². The van der Waals surface area contributed by atoms with Crippen molar-refractivity contribution in [3.8, 4) is 0 Å². The van der Waals surface area contributed by atoms with Gasteiger partial charge < -0.3 is 0 Å². The summed E-state index contributed by atoms with van der Waals surface area (Å²) >= 11 is 0. The van der Waals surface area contributed by atoms with Gasteiger partial charge in [0.1, 0.15) is 0 Å². The third-order valence-electron chi connectivity index (χ3n) is 5.29. The minimum Gasteiger partial charge on any atom is -0.261 e. The highest BCUT2D eigenvalue weighted by Crippen LogP contribution is 2.27. The number of nitrogens with zero attached hydrogens (tertiary/aromatic N) is 2. The third kappa shape index (κ3) is 5.19. The summed E-state index contributed by atoms with van der Waals surface area (Å²) in [5.74, 6) is 0.521. The van der Waals surface area contributed by atoms with E-state index in [-0.39, 0.29) is 0 Å². The first kappa shape index (κ1) is 19.1. The van der Waals surface area contributed by atoms with Crippen molar-refractivity contribution in [2.24, 2.45) is 15.9 Å². The molecule has 0 fully saturated rings. The van der Waals surface area contributed by atoms with Gasteiger partial charge in [0.2, 0.25) is 0 Å². The SMILES string of the molecule is CC1C=CN=C(/C(=C/C2=C/C(CCc3ccccc3)=NC=C=CC2)C2=CC=C2)C1. The fourth-order valence-electron chi connectivity index (χ4n) is 3.59. The number of hydrogen-bond donors (Lipinski definition) is 0. The molecule has 2 heterocycles. The maximum Gasteiger partial charge on any atom is 0.0686 e. The molecule has 2 nitrogen and oxygen atoms in total. The second-order valence-corrected chi connectivity index (χ2v) is 7.67. The van der Waals surface area contributed by atoms with E-state index in [0.717, 1.165) is 31.4 Å². The molecular formula is C27H26N2. The fraction of sp³-hybridized carbons (Fsp3) is 0.222. The van der Waals surface area contributed by atoms with Gasteiger partial charge in [-0.1, -0.05) is 61.6 Å². The van der Waals surface area contributed by atoms with Gasteiger partial charge in [-0.15, -0.1) is 5.73 Å². The van der Waals surface area contributed by atoms with Crippen LogP contribution >= 0.6 is 0 Å². The van der Waals surface area contributed by atoms with Crippen molar-refractivity contribution in [3.05, 3.63) is 113 Å². The molecule has 1 aromatic rings. The van der Waals surface area contributed by atoms with Gasteiger partial charge in [-0.05, 0) is 66.5 Å². The van der Waals surface area contributed by atoms with Crippen LogP contribution in [0.4, 0.5) is 0 Å². The Kier molecular flexibility index (Phi) is 6.14. The molecule has 0 N–H and O–H groups in total. The van der Waals surface area contributed by atoms with E-state index in [4.69, 9.17) is 0 Å². The Morgan fingerprint density at radius 1 is 1.17 bits per heavy atom. The summed E-state index contributed by atoms with van der Waals surface area (Å²) < 4.78 is 0. The zero-order chi connectivity index (χ0) is 19.9. The van der Waals surface area contributed by atoms with Crippen molar-refractivity contribution in [1.29, 1.82) is 0 Å². The molecule has 1 aliphatic carbocycles. The lowest BCUT2D eigenvalue weighted by molar-refractivity contribution is 0.755. The molecular weight excluding hydrogens is 352 g/mol. The van der Waals surface area contributed by atoms with E-state index in [2.05, 4.69) is 89.4 Å². The minimum absolute atomic E-state index is 0.521. The summed E-state index contributed by atoms with van der Waals surface area (Å²) in [6.45, 7) is 2.24. The molecule has 1 atom stereocenters. The Hall–Kier alpha value is -3.22. The predicted molar refractivity (Wildman–Crippen MR) is 123 cm³/mol. The Bertz CT molecular complexity index is 1030. The van der Waals surface area contributed by atoms with E-state index in [1.165, 1.54) is 28.0 Å². The van der Waals surface area contributed by atoms with Crippen LogP contribution in [0.15, 0.2) is 118 Å². The molecule has 0 spiro atoms. The van der Waals surface area contributed by atoms with E-state index >= 15 is 0 Å². The first-order valence-corrected chi connectivity index (χ1v) is 10.3. The molecule has 0 saturated heterocycles. The molecule has 29 heavy (non-hydrogen) atoms. The summed E-state index contributed by atoms with van der Waals surface area (Å²) in [6, 6.07) is 10.6. The third-order valence-corrected chi connectivity index (χ3v) is 5.29. The number of hydrogen-bond acceptors (Lipinski definition) is 2. The molecule has 0 amide bonds. The smallest absolute Gasteiger partial charge is 0.0686 e. The second-order valence-electron chi connectivity index (χ2n) is 7.67. The lowest BCUT2D eigenvalue weighted by Gasteiger charge is -2.20. The average molecular weight is 379 g/mol. The van der Waals surface area contributed by atoms with Crippen LogP contribution in [0.2, 0.25) is 0 Å². The Balaban J connectivity index is 1.59. The monoisotopic (exact) mass is 378 g/mol. The summed E-state index contributed by atoms with van der Waals surface area (Å²) in [4.78, 5) is 9.32. The highest BCUT2D eigenvalue weighted by molar-refractivity contribution is 6.06. The molecule has 3 aliphatic rings. The van der Waals surface area contributed by atoms with Crippen molar-refractivity contribution in [2.45, 2.75) is 32.6 Å². The number of rotatable bonds is 6. The number of aryl methyl sites for hydroxylation is 1. The molecule has 0 saturated carbocycles. The van der Waals surface area contributed by atoms with E-state index < -0.39 is 0 Å². The van der Waals surface area contributed by atoms with Gasteiger partial charge >= 0.3 is 0 Å². The van der Waals surface area contributed by atoms with Crippen LogP contribution in [0.1, 0.15) is 31.7 Å². The van der Waals surface area contributed by atoms with Gasteiger partial charge in [0.15, 0.2) is 0 Å². The van der Waals surface area contributed by atoms with Gasteiger partial charge in [-0.25, -0.2) is 0 Å².